The molecule has 0 radical (unpaired) electrons. The van der Waals surface area contributed by atoms with Crippen molar-refractivity contribution in [2.24, 2.45) is 0 Å². The van der Waals surface area contributed by atoms with Crippen LogP contribution in [0.2, 0.25) is 0 Å². The van der Waals surface area contributed by atoms with Crippen molar-refractivity contribution in [3.8, 4) is 142 Å². The van der Waals surface area contributed by atoms with Crippen molar-refractivity contribution < 1.29 is 0 Å². The van der Waals surface area contributed by atoms with Crippen LogP contribution in [0.3, 0.4) is 0 Å². The van der Waals surface area contributed by atoms with Crippen LogP contribution in [0, 0.1) is 13.8 Å². The first-order chi connectivity index (χ1) is 71.7. The van der Waals surface area contributed by atoms with E-state index in [4.69, 9.17) is 34.9 Å². The van der Waals surface area contributed by atoms with Gasteiger partial charge in [0.05, 0.1) is 60.9 Å². The van der Waals surface area contributed by atoms with Gasteiger partial charge in [-0.25, -0.2) is 39.9 Å². The zero-order valence-corrected chi connectivity index (χ0v) is 79.2. The van der Waals surface area contributed by atoms with Crippen LogP contribution in [0.1, 0.15) is 11.1 Å². The van der Waals surface area contributed by atoms with Gasteiger partial charge in [-0.05, 0) is 211 Å². The van der Waals surface area contributed by atoms with Crippen LogP contribution in [-0.4, -0.2) is 62.7 Å². The first-order valence-electron chi connectivity index (χ1n) is 48.9. The molecule has 0 N–H and O–H groups in total. The largest absolute Gasteiger partial charge is 0.309 e. The number of hydrogen-bond donors (Lipinski definition) is 0. The maximum atomic E-state index is 5.03. The van der Waals surface area contributed by atoms with Crippen LogP contribution in [-0.2, 0) is 0 Å². The Morgan fingerprint density at radius 3 is 0.855 bits per heavy atom. The van der Waals surface area contributed by atoms with E-state index in [1.54, 1.807) is 0 Å². The lowest BCUT2D eigenvalue weighted by molar-refractivity contribution is 0.992. The molecule has 28 aromatic rings. The average Bonchev–Trinajstić information content (AvgIpc) is 1.57. The van der Waals surface area contributed by atoms with Crippen molar-refractivity contribution in [3.63, 3.8) is 0 Å². The van der Waals surface area contributed by atoms with E-state index < -0.39 is 0 Å². The highest BCUT2D eigenvalue weighted by molar-refractivity contribution is 6.16. The third-order valence-corrected chi connectivity index (χ3v) is 27.8. The summed E-state index contributed by atoms with van der Waals surface area (Å²) in [4.78, 5) is 39.3. The van der Waals surface area contributed by atoms with Gasteiger partial charge in [0.1, 0.15) is 0 Å². The Balaban J connectivity index is 0.000000113. The molecule has 0 unspecified atom stereocenters. The molecule has 8 aromatic heterocycles. The van der Waals surface area contributed by atoms with Gasteiger partial charge in [0, 0.05) is 122 Å². The van der Waals surface area contributed by atoms with Gasteiger partial charge in [-0.15, -0.1) is 0 Å². The summed E-state index contributed by atoms with van der Waals surface area (Å²) in [6, 6.07) is 175. The Bertz CT molecular complexity index is 9580. The van der Waals surface area contributed by atoms with Crippen molar-refractivity contribution in [1.82, 2.24) is 62.7 Å². The summed E-state index contributed by atoms with van der Waals surface area (Å²) in [5.74, 6) is 4.56. The van der Waals surface area contributed by atoms with E-state index in [1.165, 1.54) is 126 Å². The van der Waals surface area contributed by atoms with Gasteiger partial charge in [-0.1, -0.05) is 345 Å². The van der Waals surface area contributed by atoms with Gasteiger partial charge in [-0.3, -0.25) is 4.57 Å². The second-order valence-electron chi connectivity index (χ2n) is 36.7. The minimum absolute atomic E-state index is 0.641. The normalized spacial score (nSPS) is 11.5. The smallest absolute Gasteiger partial charge is 0.235 e. The zero-order valence-electron chi connectivity index (χ0n) is 79.2. The molecule has 0 atom stereocenters. The molecular formula is C132H89N13. The van der Waals surface area contributed by atoms with Crippen molar-refractivity contribution in [2.75, 3.05) is 0 Å². The molecule has 0 aliphatic heterocycles. The number of aryl methyl sites for hydroxylation is 2. The van der Waals surface area contributed by atoms with Crippen molar-refractivity contribution in [1.29, 1.82) is 0 Å². The van der Waals surface area contributed by atoms with Gasteiger partial charge >= 0.3 is 0 Å². The monoisotopic (exact) mass is 1860 g/mol. The Labute approximate surface area is 836 Å². The lowest BCUT2D eigenvalue weighted by Crippen LogP contribution is -2.01. The molecule has 13 nitrogen and oxygen atoms in total. The van der Waals surface area contributed by atoms with E-state index in [-0.39, 0.29) is 0 Å². The molecule has 145 heavy (non-hydrogen) atoms. The zero-order chi connectivity index (χ0) is 96.4. The molecule has 13 heteroatoms. The minimum atomic E-state index is 0.641. The van der Waals surface area contributed by atoms with Gasteiger partial charge in [0.25, 0.3) is 0 Å². The van der Waals surface area contributed by atoms with Gasteiger partial charge < -0.3 is 18.3 Å². The molecule has 0 amide bonds. The SMILES string of the molecule is Cc1cc(C)c2c(c1)c1cc(-c3ccc4c(c3)c3ccccc3n4-c3ccccc3)ccc1n2-c1ccc(-c2nc(-c3ccccc3)nc(-c3ccccc3)n2)cc1.c1ccc(-c2ccc(-c3cccc(-c4ccnc(-n5c6ccccc6c6ccccc65)n4)c3)cc2)cc1.c1ccc(-c2nc(-c3ccccc3)nc(-c3ccc(-n4c5ccccc5c5cc(-n6c7ccccc7c7ccccc76)ccc54)cc3)n2)cc1. The number of hydrogen-bond acceptors (Lipinski definition) is 8. The Morgan fingerprint density at radius 2 is 0.428 bits per heavy atom. The average molecular weight is 1860 g/mol. The highest BCUT2D eigenvalue weighted by Gasteiger charge is 2.24. The van der Waals surface area contributed by atoms with Gasteiger partial charge in [0.15, 0.2) is 34.9 Å². The van der Waals surface area contributed by atoms with Crippen LogP contribution >= 0.6 is 0 Å². The molecule has 8 heterocycles. The molecule has 682 valence electrons. The highest BCUT2D eigenvalue weighted by atomic mass is 15.2. The van der Waals surface area contributed by atoms with Crippen LogP contribution in [0.5, 0.6) is 0 Å². The molecule has 28 rings (SSSR count). The van der Waals surface area contributed by atoms with Crippen LogP contribution < -0.4 is 0 Å². The quantitative estimate of drug-likeness (QED) is 0.0993. The topological polar surface area (TPSA) is 128 Å². The molecule has 0 aliphatic rings. The van der Waals surface area contributed by atoms with E-state index in [2.05, 4.69) is 406 Å². The fraction of sp³-hybridized carbons (Fsp3) is 0.0152. The van der Waals surface area contributed by atoms with Gasteiger partial charge in [0.2, 0.25) is 5.95 Å². The summed E-state index contributed by atoms with van der Waals surface area (Å²) in [6.07, 6.45) is 1.85. The van der Waals surface area contributed by atoms with Crippen LogP contribution in [0.15, 0.2) is 504 Å². The Hall–Kier alpha value is -19.5. The second kappa shape index (κ2) is 36.7. The second-order valence-corrected chi connectivity index (χ2v) is 36.7. The lowest BCUT2D eigenvalue weighted by atomic mass is 9.98. The van der Waals surface area contributed by atoms with E-state index in [0.29, 0.717) is 40.9 Å². The third-order valence-electron chi connectivity index (χ3n) is 27.8. The molecule has 0 saturated heterocycles. The number of aromatic nitrogens is 13. The number of nitrogens with zero attached hydrogens (tertiary/aromatic N) is 13. The van der Waals surface area contributed by atoms with Gasteiger partial charge in [-0.2, -0.15) is 0 Å². The minimum Gasteiger partial charge on any atom is -0.309 e. The molecule has 0 aliphatic carbocycles. The Kier molecular flexibility index (Phi) is 21.7. The third kappa shape index (κ3) is 15.8. The van der Waals surface area contributed by atoms with Crippen molar-refractivity contribution in [2.45, 2.75) is 13.8 Å². The number of fused-ring (bicyclic) bond motifs is 15. The van der Waals surface area contributed by atoms with E-state index in [0.717, 1.165) is 95.0 Å². The first-order valence-corrected chi connectivity index (χ1v) is 48.9. The molecule has 0 saturated carbocycles. The fourth-order valence-corrected chi connectivity index (χ4v) is 21.1. The molecule has 20 aromatic carbocycles. The predicted molar refractivity (Wildman–Crippen MR) is 597 cm³/mol. The van der Waals surface area contributed by atoms with Crippen LogP contribution in [0.25, 0.3) is 251 Å². The summed E-state index contributed by atoms with van der Waals surface area (Å²) in [7, 11) is 0. The number of para-hydroxylation sites is 7. The molecule has 0 bridgehead atoms. The summed E-state index contributed by atoms with van der Waals surface area (Å²) >= 11 is 0. The standard InChI is InChI=1S/C53H37N5.C45H29N5.C34H23N3/c1-34-30-35(2)50-46(31-34)45-33-40(39-24-28-48-44(32-39)43-20-12-13-21-47(43)57(48)41-18-10-5-11-19-41)25-29-49(45)58(50)42-26-22-38(23-27-42)53-55-51(36-14-6-3-7-15-36)54-52(56-53)37-16-8-4-9-17-37;1-3-13-30(14-4-1)43-46-44(31-15-5-2-6-16-31)48-45(47-43)32-23-25-33(26-24-32)49-41-22-12-9-19-37(41)38-29-34(27-28-42(38)49)50-39-20-10-7-17-35(39)36-18-8-11-21-40(36)50;1-2-9-24(10-3-1)25-17-19-26(20-18-25)27-11-8-12-28(23-27)31-21-22-35-34(36-31)37-32-15-6-4-13-29(32)30-14-5-7-16-33(30)37/h3-33H,1-2H3;1-29H;1-23H. The molecule has 0 fully saturated rings. The number of benzene rings is 20. The summed E-state index contributed by atoms with van der Waals surface area (Å²) in [5, 5.41) is 12.3. The number of rotatable bonds is 15. The summed E-state index contributed by atoms with van der Waals surface area (Å²) in [5.41, 5.74) is 33.5. The first kappa shape index (κ1) is 85.9. The van der Waals surface area contributed by atoms with E-state index >= 15 is 0 Å². The maximum absolute atomic E-state index is 5.03. The lowest BCUT2D eigenvalue weighted by Gasteiger charge is -2.12. The fourth-order valence-electron chi connectivity index (χ4n) is 21.1. The molecular weight excluding hydrogens is 1770 g/mol. The molecule has 0 spiro atoms. The predicted octanol–water partition coefficient (Wildman–Crippen LogP) is 33.0. The Morgan fingerprint density at radius 1 is 0.159 bits per heavy atom. The van der Waals surface area contributed by atoms with Crippen molar-refractivity contribution >= 4 is 109 Å². The van der Waals surface area contributed by atoms with E-state index in [1.807, 2.05) is 140 Å². The van der Waals surface area contributed by atoms with Crippen LogP contribution in [0.4, 0.5) is 0 Å². The van der Waals surface area contributed by atoms with Crippen molar-refractivity contribution in [3.05, 3.63) is 515 Å². The summed E-state index contributed by atoms with van der Waals surface area (Å²) in [6.45, 7) is 4.41. The highest BCUT2D eigenvalue weighted by Crippen LogP contribution is 2.44. The maximum Gasteiger partial charge on any atom is 0.235 e. The van der Waals surface area contributed by atoms with E-state index in [9.17, 15) is 0 Å². The summed E-state index contributed by atoms with van der Waals surface area (Å²) < 4.78 is 11.7.